The first-order valence-corrected chi connectivity index (χ1v) is 6.88. The van der Waals surface area contributed by atoms with Crippen molar-refractivity contribution in [2.45, 2.75) is 0 Å². The Hall–Kier alpha value is -2.34. The fourth-order valence-electron chi connectivity index (χ4n) is 2.32. The average Bonchev–Trinajstić information content (AvgIpc) is 2.49. The van der Waals surface area contributed by atoms with Gasteiger partial charge in [0.2, 0.25) is 0 Å². The first-order chi connectivity index (χ1) is 10.1. The third-order valence-corrected chi connectivity index (χ3v) is 3.63. The van der Waals surface area contributed by atoms with Crippen molar-refractivity contribution in [1.29, 1.82) is 0 Å². The number of pyridine rings is 1. The van der Waals surface area contributed by atoms with Crippen LogP contribution in [-0.2, 0) is 7.05 Å². The van der Waals surface area contributed by atoms with Gasteiger partial charge in [-0.05, 0) is 30.3 Å². The molecule has 2 heterocycles. The lowest BCUT2D eigenvalue weighted by Crippen LogP contribution is -2.28. The number of hydrogen-bond acceptors (Lipinski definition) is 4. The Balaban J connectivity index is 2.11. The average molecular weight is 302 g/mol. The van der Waals surface area contributed by atoms with Crippen LogP contribution in [0.25, 0.3) is 11.3 Å². The summed E-state index contributed by atoms with van der Waals surface area (Å²) in [4.78, 5) is 12.3. The highest BCUT2D eigenvalue weighted by atomic mass is 32.1. The molecule has 1 aromatic heterocycles. The van der Waals surface area contributed by atoms with Crippen LogP contribution in [0.15, 0.2) is 35.1 Å². The van der Waals surface area contributed by atoms with E-state index >= 15 is 0 Å². The zero-order valence-electron chi connectivity index (χ0n) is 11.5. The van der Waals surface area contributed by atoms with E-state index in [1.165, 1.54) is 4.57 Å². The molecule has 0 aliphatic carbocycles. The molecule has 2 N–H and O–H groups in total. The van der Waals surface area contributed by atoms with Crippen LogP contribution >= 0.6 is 12.2 Å². The van der Waals surface area contributed by atoms with Crippen LogP contribution in [0.3, 0.4) is 0 Å². The lowest BCUT2D eigenvalue weighted by Gasteiger charge is -2.19. The summed E-state index contributed by atoms with van der Waals surface area (Å²) in [6, 6.07) is 9.07. The number of ether oxygens (including phenoxy) is 2. The molecule has 0 bridgehead atoms. The second kappa shape index (κ2) is 5.21. The van der Waals surface area contributed by atoms with E-state index in [1.54, 1.807) is 13.1 Å². The molecule has 1 aromatic carbocycles. The molecule has 21 heavy (non-hydrogen) atoms. The predicted octanol–water partition coefficient (Wildman–Crippen LogP) is 1.46. The van der Waals surface area contributed by atoms with E-state index < -0.39 is 0 Å². The van der Waals surface area contributed by atoms with Crippen LogP contribution in [0.4, 0.5) is 0 Å². The summed E-state index contributed by atoms with van der Waals surface area (Å²) in [6.07, 6.45) is 0. The lowest BCUT2D eigenvalue weighted by atomic mass is 10.1. The Bertz CT molecular complexity index is 783. The van der Waals surface area contributed by atoms with Crippen LogP contribution in [0.2, 0.25) is 0 Å². The second-order valence-corrected chi connectivity index (χ2v) is 5.16. The van der Waals surface area contributed by atoms with Crippen LogP contribution in [0.1, 0.15) is 5.56 Å². The van der Waals surface area contributed by atoms with E-state index in [0.29, 0.717) is 24.5 Å². The van der Waals surface area contributed by atoms with Crippen LogP contribution in [0, 0.1) is 0 Å². The molecule has 0 saturated carbocycles. The van der Waals surface area contributed by atoms with Crippen molar-refractivity contribution in [2.75, 3.05) is 13.2 Å². The number of aromatic nitrogens is 1. The van der Waals surface area contributed by atoms with Crippen molar-refractivity contribution in [1.82, 2.24) is 4.57 Å². The molecule has 3 rings (SSSR count). The second-order valence-electron chi connectivity index (χ2n) is 4.72. The van der Waals surface area contributed by atoms with Crippen LogP contribution < -0.4 is 20.8 Å². The van der Waals surface area contributed by atoms with E-state index in [4.69, 9.17) is 27.4 Å². The summed E-state index contributed by atoms with van der Waals surface area (Å²) in [5.74, 6) is 1.40. The molecular formula is C15H14N2O3S. The quantitative estimate of drug-likeness (QED) is 0.851. The Labute approximate surface area is 126 Å². The largest absolute Gasteiger partial charge is 0.486 e. The number of nitrogens with zero attached hydrogens (tertiary/aromatic N) is 1. The minimum absolute atomic E-state index is 0.101. The minimum Gasteiger partial charge on any atom is -0.486 e. The van der Waals surface area contributed by atoms with Gasteiger partial charge in [-0.3, -0.25) is 4.79 Å². The van der Waals surface area contributed by atoms with Gasteiger partial charge in [0.15, 0.2) is 11.5 Å². The molecule has 0 unspecified atom stereocenters. The van der Waals surface area contributed by atoms with E-state index in [2.05, 4.69) is 0 Å². The van der Waals surface area contributed by atoms with Gasteiger partial charge in [0.25, 0.3) is 5.56 Å². The van der Waals surface area contributed by atoms with Crippen molar-refractivity contribution in [2.24, 2.45) is 12.8 Å². The first-order valence-electron chi connectivity index (χ1n) is 6.48. The highest BCUT2D eigenvalue weighted by Gasteiger charge is 2.14. The molecule has 0 spiro atoms. The molecule has 0 saturated heterocycles. The van der Waals surface area contributed by atoms with Gasteiger partial charge in [0.05, 0.1) is 11.3 Å². The van der Waals surface area contributed by atoms with Gasteiger partial charge in [-0.25, -0.2) is 0 Å². The summed E-state index contributed by atoms with van der Waals surface area (Å²) < 4.78 is 12.6. The Morgan fingerprint density at radius 2 is 1.90 bits per heavy atom. The highest BCUT2D eigenvalue weighted by Crippen LogP contribution is 2.34. The third-order valence-electron chi connectivity index (χ3n) is 3.41. The van der Waals surface area contributed by atoms with Gasteiger partial charge in [0.1, 0.15) is 18.2 Å². The normalized spacial score (nSPS) is 13.0. The van der Waals surface area contributed by atoms with Gasteiger partial charge in [-0.2, -0.15) is 0 Å². The Kier molecular flexibility index (Phi) is 3.39. The molecule has 0 radical (unpaired) electrons. The monoisotopic (exact) mass is 302 g/mol. The SMILES string of the molecule is Cn1c(-c2ccc3c(c2)OCCO3)ccc(C(N)=S)c1=O. The van der Waals surface area contributed by atoms with E-state index in [9.17, 15) is 4.79 Å². The number of fused-ring (bicyclic) bond motifs is 1. The van der Waals surface area contributed by atoms with Crippen LogP contribution in [0.5, 0.6) is 11.5 Å². The summed E-state index contributed by atoms with van der Waals surface area (Å²) in [6.45, 7) is 1.07. The van der Waals surface area contributed by atoms with Crippen molar-refractivity contribution in [3.8, 4) is 22.8 Å². The molecule has 0 fully saturated rings. The van der Waals surface area contributed by atoms with E-state index in [0.717, 1.165) is 17.0 Å². The fourth-order valence-corrected chi connectivity index (χ4v) is 2.47. The standard InChI is InChI=1S/C15H14N2O3S/c1-17-11(4-3-10(14(16)21)15(17)18)9-2-5-12-13(8-9)20-7-6-19-12/h2-5,8H,6-7H2,1H3,(H2,16,21). The topological polar surface area (TPSA) is 66.5 Å². The van der Waals surface area contributed by atoms with Gasteiger partial charge < -0.3 is 19.8 Å². The molecule has 108 valence electrons. The van der Waals surface area contributed by atoms with Crippen molar-refractivity contribution in [3.63, 3.8) is 0 Å². The predicted molar refractivity (Wildman–Crippen MR) is 84.0 cm³/mol. The Morgan fingerprint density at radius 3 is 2.62 bits per heavy atom. The third kappa shape index (κ3) is 2.38. The number of hydrogen-bond donors (Lipinski definition) is 1. The summed E-state index contributed by atoms with van der Waals surface area (Å²) >= 11 is 4.88. The first kappa shape index (κ1) is 13.6. The van der Waals surface area contributed by atoms with Crippen LogP contribution in [-0.4, -0.2) is 22.8 Å². The molecule has 6 heteroatoms. The number of thiocarbonyl (C=S) groups is 1. The van der Waals surface area contributed by atoms with Gasteiger partial charge in [-0.1, -0.05) is 12.2 Å². The minimum atomic E-state index is -0.213. The number of nitrogens with two attached hydrogens (primary N) is 1. The molecule has 5 nitrogen and oxygen atoms in total. The fraction of sp³-hybridized carbons (Fsp3) is 0.200. The van der Waals surface area contributed by atoms with E-state index in [1.807, 2.05) is 24.3 Å². The summed E-state index contributed by atoms with van der Waals surface area (Å²) in [7, 11) is 1.69. The summed E-state index contributed by atoms with van der Waals surface area (Å²) in [5, 5.41) is 0. The highest BCUT2D eigenvalue weighted by molar-refractivity contribution is 7.80. The Morgan fingerprint density at radius 1 is 1.19 bits per heavy atom. The smallest absolute Gasteiger partial charge is 0.261 e. The van der Waals surface area contributed by atoms with Gasteiger partial charge >= 0.3 is 0 Å². The van der Waals surface area contributed by atoms with Crippen molar-refractivity contribution in [3.05, 3.63) is 46.2 Å². The van der Waals surface area contributed by atoms with Crippen molar-refractivity contribution >= 4 is 17.2 Å². The maximum absolute atomic E-state index is 12.2. The number of benzene rings is 1. The lowest BCUT2D eigenvalue weighted by molar-refractivity contribution is 0.171. The van der Waals surface area contributed by atoms with E-state index in [-0.39, 0.29) is 10.5 Å². The maximum Gasteiger partial charge on any atom is 0.261 e. The molecular weight excluding hydrogens is 288 g/mol. The van der Waals surface area contributed by atoms with Gasteiger partial charge in [0, 0.05) is 12.6 Å². The zero-order chi connectivity index (χ0) is 15.0. The maximum atomic E-state index is 12.2. The molecule has 0 amide bonds. The number of rotatable bonds is 2. The van der Waals surface area contributed by atoms with Crippen molar-refractivity contribution < 1.29 is 9.47 Å². The molecule has 0 atom stereocenters. The molecule has 2 aromatic rings. The zero-order valence-corrected chi connectivity index (χ0v) is 12.3. The summed E-state index contributed by atoms with van der Waals surface area (Å²) in [5.41, 5.74) is 7.30. The molecule has 1 aliphatic rings. The molecule has 1 aliphatic heterocycles. The van der Waals surface area contributed by atoms with Gasteiger partial charge in [-0.15, -0.1) is 0 Å².